The lowest BCUT2D eigenvalue weighted by molar-refractivity contribution is 0.0954. The Morgan fingerprint density at radius 3 is 2.50 bits per heavy atom. The van der Waals surface area contributed by atoms with Gasteiger partial charge < -0.3 is 25.8 Å². The summed E-state index contributed by atoms with van der Waals surface area (Å²) in [6.07, 6.45) is 0.877. The molecule has 1 aromatic carbocycles. The Morgan fingerprint density at radius 1 is 1.12 bits per heavy atom. The van der Waals surface area contributed by atoms with Crippen molar-refractivity contribution in [1.82, 2.24) is 16.0 Å². The number of rotatable bonds is 10. The van der Waals surface area contributed by atoms with E-state index in [0.717, 1.165) is 25.5 Å². The van der Waals surface area contributed by atoms with Gasteiger partial charge in [0.25, 0.3) is 5.91 Å². The van der Waals surface area contributed by atoms with Gasteiger partial charge in [0.1, 0.15) is 5.75 Å². The maximum Gasteiger partial charge on any atom is 0.251 e. The van der Waals surface area contributed by atoms with Gasteiger partial charge in [0.2, 0.25) is 0 Å². The molecule has 0 aliphatic rings. The average molecular weight is 336 g/mol. The van der Waals surface area contributed by atoms with Gasteiger partial charge in [-0.3, -0.25) is 9.79 Å². The molecule has 0 fully saturated rings. The minimum Gasteiger partial charge on any atom is -0.508 e. The van der Waals surface area contributed by atoms with Crippen LogP contribution in [-0.2, 0) is 4.74 Å². The van der Waals surface area contributed by atoms with Crippen LogP contribution in [0, 0.1) is 0 Å². The molecule has 0 aliphatic carbocycles. The van der Waals surface area contributed by atoms with Crippen LogP contribution >= 0.6 is 0 Å². The minimum atomic E-state index is -0.171. The molecular weight excluding hydrogens is 308 g/mol. The van der Waals surface area contributed by atoms with Crippen molar-refractivity contribution in [3.05, 3.63) is 29.8 Å². The smallest absolute Gasteiger partial charge is 0.251 e. The molecule has 0 aromatic heterocycles. The fraction of sp³-hybridized carbons (Fsp3) is 0.529. The van der Waals surface area contributed by atoms with Crippen molar-refractivity contribution in [3.63, 3.8) is 0 Å². The number of nitrogens with one attached hydrogen (secondary N) is 3. The highest BCUT2D eigenvalue weighted by molar-refractivity contribution is 5.94. The number of aromatic hydroxyl groups is 1. The number of phenols is 1. The number of phenolic OH excluding ortho intramolecular Hbond substituents is 1. The van der Waals surface area contributed by atoms with Crippen molar-refractivity contribution in [1.29, 1.82) is 0 Å². The molecule has 1 amide bonds. The molecule has 0 atom stereocenters. The molecule has 1 aromatic rings. The lowest BCUT2D eigenvalue weighted by Crippen LogP contribution is -2.41. The predicted molar refractivity (Wildman–Crippen MR) is 95.5 cm³/mol. The summed E-state index contributed by atoms with van der Waals surface area (Å²) in [4.78, 5) is 16.4. The zero-order valence-electron chi connectivity index (χ0n) is 14.5. The van der Waals surface area contributed by atoms with Crippen LogP contribution in [0.3, 0.4) is 0 Å². The summed E-state index contributed by atoms with van der Waals surface area (Å²) in [6.45, 7) is 7.92. The van der Waals surface area contributed by atoms with E-state index in [9.17, 15) is 9.90 Å². The average Bonchev–Trinajstić information content (AvgIpc) is 2.58. The normalized spacial score (nSPS) is 11.2. The van der Waals surface area contributed by atoms with Crippen molar-refractivity contribution < 1.29 is 14.6 Å². The Labute approximate surface area is 143 Å². The van der Waals surface area contributed by atoms with Gasteiger partial charge in [0, 0.05) is 45.0 Å². The van der Waals surface area contributed by atoms with Crippen LogP contribution in [0.5, 0.6) is 5.75 Å². The topological polar surface area (TPSA) is 95.0 Å². The van der Waals surface area contributed by atoms with Crippen LogP contribution in [0.25, 0.3) is 0 Å². The van der Waals surface area contributed by atoms with Crippen LogP contribution in [0.1, 0.15) is 30.6 Å². The summed E-state index contributed by atoms with van der Waals surface area (Å²) in [7, 11) is 0. The standard InChI is InChI=1S/C17H28N4O3/c1-3-18-17(20-10-5-13-24-4-2)21-12-11-19-16(23)14-6-8-15(22)9-7-14/h6-9,22H,3-5,10-13H2,1-2H3,(H,19,23)(H2,18,20,21). The largest absolute Gasteiger partial charge is 0.508 e. The number of hydrogen-bond donors (Lipinski definition) is 4. The van der Waals surface area contributed by atoms with Gasteiger partial charge in [0.05, 0.1) is 0 Å². The van der Waals surface area contributed by atoms with E-state index in [4.69, 9.17) is 4.74 Å². The minimum absolute atomic E-state index is 0.143. The third kappa shape index (κ3) is 8.38. The van der Waals surface area contributed by atoms with Gasteiger partial charge in [-0.2, -0.15) is 0 Å². The third-order valence-corrected chi connectivity index (χ3v) is 3.10. The van der Waals surface area contributed by atoms with Crippen molar-refractivity contribution in [3.8, 4) is 5.75 Å². The second-order valence-corrected chi connectivity index (χ2v) is 5.04. The van der Waals surface area contributed by atoms with E-state index in [1.807, 2.05) is 13.8 Å². The maximum atomic E-state index is 11.9. The monoisotopic (exact) mass is 336 g/mol. The Morgan fingerprint density at radius 2 is 1.83 bits per heavy atom. The molecule has 4 N–H and O–H groups in total. The molecule has 0 saturated carbocycles. The van der Waals surface area contributed by atoms with Crippen LogP contribution in [-0.4, -0.2) is 56.4 Å². The molecule has 7 heteroatoms. The number of nitrogens with zero attached hydrogens (tertiary/aromatic N) is 1. The molecule has 134 valence electrons. The van der Waals surface area contributed by atoms with Crippen LogP contribution in [0.2, 0.25) is 0 Å². The molecule has 0 spiro atoms. The summed E-state index contributed by atoms with van der Waals surface area (Å²) in [5, 5.41) is 18.4. The van der Waals surface area contributed by atoms with E-state index < -0.39 is 0 Å². The van der Waals surface area contributed by atoms with Crippen LogP contribution in [0.15, 0.2) is 29.3 Å². The lowest BCUT2D eigenvalue weighted by Gasteiger charge is -2.12. The molecule has 0 heterocycles. The first kappa shape index (κ1) is 19.8. The fourth-order valence-electron chi connectivity index (χ4n) is 1.92. The Balaban J connectivity index is 2.27. The number of ether oxygens (including phenoxy) is 1. The Hall–Kier alpha value is -2.28. The van der Waals surface area contributed by atoms with E-state index in [0.29, 0.717) is 31.8 Å². The first-order valence-corrected chi connectivity index (χ1v) is 8.34. The molecule has 0 saturated heterocycles. The van der Waals surface area contributed by atoms with Crippen molar-refractivity contribution in [2.75, 3.05) is 39.4 Å². The van der Waals surface area contributed by atoms with Gasteiger partial charge in [-0.15, -0.1) is 0 Å². The van der Waals surface area contributed by atoms with Gasteiger partial charge in [-0.1, -0.05) is 0 Å². The maximum absolute atomic E-state index is 11.9. The highest BCUT2D eigenvalue weighted by Crippen LogP contribution is 2.09. The molecule has 0 bridgehead atoms. The SMILES string of the molecule is CCNC(=NCCCOCC)NCCNC(=O)c1ccc(O)cc1. The highest BCUT2D eigenvalue weighted by atomic mass is 16.5. The number of carbonyl (C=O) groups excluding carboxylic acids is 1. The van der Waals surface area contributed by atoms with Crippen molar-refractivity contribution in [2.45, 2.75) is 20.3 Å². The van der Waals surface area contributed by atoms with Gasteiger partial charge in [-0.25, -0.2) is 0 Å². The fourth-order valence-corrected chi connectivity index (χ4v) is 1.92. The quantitative estimate of drug-likeness (QED) is 0.292. The van der Waals surface area contributed by atoms with E-state index >= 15 is 0 Å². The molecule has 7 nitrogen and oxygen atoms in total. The first-order valence-electron chi connectivity index (χ1n) is 8.34. The van der Waals surface area contributed by atoms with Gasteiger partial charge in [0.15, 0.2) is 5.96 Å². The summed E-state index contributed by atoms with van der Waals surface area (Å²) in [5.74, 6) is 0.701. The van der Waals surface area contributed by atoms with Crippen LogP contribution in [0.4, 0.5) is 0 Å². The summed E-state index contributed by atoms with van der Waals surface area (Å²) in [5.41, 5.74) is 0.518. The molecule has 0 aliphatic heterocycles. The van der Waals surface area contributed by atoms with Crippen LogP contribution < -0.4 is 16.0 Å². The van der Waals surface area contributed by atoms with E-state index in [1.54, 1.807) is 12.1 Å². The van der Waals surface area contributed by atoms with Gasteiger partial charge in [-0.05, 0) is 44.5 Å². The molecule has 0 unspecified atom stereocenters. The lowest BCUT2D eigenvalue weighted by atomic mass is 10.2. The third-order valence-electron chi connectivity index (χ3n) is 3.10. The van der Waals surface area contributed by atoms with E-state index in [-0.39, 0.29) is 11.7 Å². The zero-order chi connectivity index (χ0) is 17.6. The number of carbonyl (C=O) groups is 1. The number of aliphatic imine (C=N–C) groups is 1. The summed E-state index contributed by atoms with van der Waals surface area (Å²) < 4.78 is 5.28. The second-order valence-electron chi connectivity index (χ2n) is 5.04. The molecule has 1 rings (SSSR count). The Bertz CT molecular complexity index is 503. The van der Waals surface area contributed by atoms with E-state index in [1.165, 1.54) is 12.1 Å². The molecule has 24 heavy (non-hydrogen) atoms. The zero-order valence-corrected chi connectivity index (χ0v) is 14.5. The number of benzene rings is 1. The predicted octanol–water partition coefficient (Wildman–Crippen LogP) is 1.10. The highest BCUT2D eigenvalue weighted by Gasteiger charge is 2.04. The number of guanidine groups is 1. The molecular formula is C17H28N4O3. The van der Waals surface area contributed by atoms with Crippen molar-refractivity contribution >= 4 is 11.9 Å². The van der Waals surface area contributed by atoms with Gasteiger partial charge >= 0.3 is 0 Å². The number of amides is 1. The summed E-state index contributed by atoms with van der Waals surface area (Å²) in [6, 6.07) is 6.15. The first-order chi connectivity index (χ1) is 11.7. The van der Waals surface area contributed by atoms with Crippen molar-refractivity contribution in [2.24, 2.45) is 4.99 Å². The second kappa shape index (κ2) is 12.2. The van der Waals surface area contributed by atoms with E-state index in [2.05, 4.69) is 20.9 Å². The molecule has 0 radical (unpaired) electrons. The Kier molecular flexibility index (Phi) is 10.0. The number of hydrogen-bond acceptors (Lipinski definition) is 4. The summed E-state index contributed by atoms with van der Waals surface area (Å²) >= 11 is 0.